The Hall–Kier alpha value is -3.52. The van der Waals surface area contributed by atoms with E-state index in [2.05, 4.69) is 4.72 Å². The molecule has 1 amide bonds. The largest absolute Gasteiger partial charge is 0.495 e. The van der Waals surface area contributed by atoms with Crippen molar-refractivity contribution in [1.29, 1.82) is 0 Å². The Morgan fingerprint density at radius 1 is 1.00 bits per heavy atom. The summed E-state index contributed by atoms with van der Waals surface area (Å²) in [5, 5.41) is 0. The molecule has 0 aliphatic rings. The van der Waals surface area contributed by atoms with Crippen molar-refractivity contribution in [1.82, 2.24) is 4.90 Å². The molecule has 0 atom stereocenters. The molecule has 0 saturated heterocycles. The highest BCUT2D eigenvalue weighted by Gasteiger charge is 2.23. The predicted octanol–water partition coefficient (Wildman–Crippen LogP) is 4.48. The van der Waals surface area contributed by atoms with Crippen molar-refractivity contribution in [3.63, 3.8) is 0 Å². The number of hydrogen-bond donors (Lipinski definition) is 1. The smallest absolute Gasteiger partial charge is 0.265 e. The van der Waals surface area contributed by atoms with E-state index in [-0.39, 0.29) is 22.1 Å². The van der Waals surface area contributed by atoms with E-state index in [4.69, 9.17) is 9.47 Å². The molecule has 0 aliphatic heterocycles. The van der Waals surface area contributed by atoms with Crippen LogP contribution in [0.25, 0.3) is 0 Å². The average Bonchev–Trinajstić information content (AvgIpc) is 2.81. The molecule has 0 fully saturated rings. The van der Waals surface area contributed by atoms with Gasteiger partial charge < -0.3 is 14.4 Å². The molecule has 33 heavy (non-hydrogen) atoms. The van der Waals surface area contributed by atoms with Gasteiger partial charge in [-0.1, -0.05) is 29.8 Å². The summed E-state index contributed by atoms with van der Waals surface area (Å²) in [4.78, 5) is 14.5. The Balaban J connectivity index is 1.82. The summed E-state index contributed by atoms with van der Waals surface area (Å²) >= 11 is 0. The molecule has 0 saturated carbocycles. The third-order valence-corrected chi connectivity index (χ3v) is 6.41. The zero-order chi connectivity index (χ0) is 24.0. The maximum absolute atomic E-state index is 13.1. The van der Waals surface area contributed by atoms with Gasteiger partial charge in [-0.25, -0.2) is 8.42 Å². The van der Waals surface area contributed by atoms with Crippen LogP contribution >= 0.6 is 0 Å². The fraction of sp³-hybridized carbons (Fsp3) is 0.240. The van der Waals surface area contributed by atoms with E-state index in [1.165, 1.54) is 24.1 Å². The number of rotatable bonds is 9. The maximum atomic E-state index is 13.1. The molecule has 3 rings (SSSR count). The zero-order valence-electron chi connectivity index (χ0n) is 19.2. The van der Waals surface area contributed by atoms with Crippen LogP contribution in [0.5, 0.6) is 11.5 Å². The number of sulfonamides is 1. The molecule has 8 heteroatoms. The highest BCUT2D eigenvalue weighted by Crippen LogP contribution is 2.28. The fourth-order valence-corrected chi connectivity index (χ4v) is 4.53. The molecule has 1 N–H and O–H groups in total. The van der Waals surface area contributed by atoms with Crippen LogP contribution in [0.15, 0.2) is 71.6 Å². The molecule has 7 nitrogen and oxygen atoms in total. The number of ether oxygens (including phenoxy) is 2. The SMILES string of the molecule is CCOc1ccc(CN(C)C(=O)c2ccc(OC)c(S(=O)(=O)Nc3ccc(C)cc3)c2)cc1. The first-order chi connectivity index (χ1) is 15.7. The van der Waals surface area contributed by atoms with Crippen molar-refractivity contribution < 1.29 is 22.7 Å². The van der Waals surface area contributed by atoms with Crippen LogP contribution < -0.4 is 14.2 Å². The van der Waals surface area contributed by atoms with Gasteiger partial charge in [0.2, 0.25) is 0 Å². The second kappa shape index (κ2) is 10.4. The van der Waals surface area contributed by atoms with Crippen molar-refractivity contribution in [2.75, 3.05) is 25.5 Å². The molecule has 3 aromatic rings. The molecule has 0 heterocycles. The fourth-order valence-electron chi connectivity index (χ4n) is 3.28. The van der Waals surface area contributed by atoms with Gasteiger partial charge in [0.05, 0.1) is 13.7 Å². The highest BCUT2D eigenvalue weighted by atomic mass is 32.2. The Morgan fingerprint density at radius 2 is 1.67 bits per heavy atom. The minimum absolute atomic E-state index is 0.106. The normalized spacial score (nSPS) is 11.0. The second-order valence-electron chi connectivity index (χ2n) is 7.58. The van der Waals surface area contributed by atoms with Gasteiger partial charge >= 0.3 is 0 Å². The molecule has 0 bridgehead atoms. The number of anilines is 1. The van der Waals surface area contributed by atoms with Gasteiger partial charge in [-0.3, -0.25) is 9.52 Å². The third-order valence-electron chi connectivity index (χ3n) is 5.00. The van der Waals surface area contributed by atoms with Gasteiger partial charge in [-0.2, -0.15) is 0 Å². The molecule has 174 valence electrons. The Kier molecular flexibility index (Phi) is 7.60. The highest BCUT2D eigenvalue weighted by molar-refractivity contribution is 7.92. The van der Waals surface area contributed by atoms with Crippen LogP contribution in [0.1, 0.15) is 28.4 Å². The number of hydrogen-bond acceptors (Lipinski definition) is 5. The quantitative estimate of drug-likeness (QED) is 0.501. The van der Waals surface area contributed by atoms with Gasteiger partial charge in [0.15, 0.2) is 0 Å². The van der Waals surface area contributed by atoms with Crippen LogP contribution in [0.4, 0.5) is 5.69 Å². The monoisotopic (exact) mass is 468 g/mol. The van der Waals surface area contributed by atoms with E-state index in [0.29, 0.717) is 18.8 Å². The summed E-state index contributed by atoms with van der Waals surface area (Å²) in [6, 6.07) is 18.9. The molecule has 0 aliphatic carbocycles. The van der Waals surface area contributed by atoms with E-state index < -0.39 is 10.0 Å². The number of benzene rings is 3. The van der Waals surface area contributed by atoms with E-state index in [0.717, 1.165) is 16.9 Å². The minimum Gasteiger partial charge on any atom is -0.495 e. The molecule has 0 radical (unpaired) electrons. The third kappa shape index (κ3) is 6.04. The first kappa shape index (κ1) is 24.1. The second-order valence-corrected chi connectivity index (χ2v) is 9.23. The van der Waals surface area contributed by atoms with Crippen molar-refractivity contribution in [2.24, 2.45) is 0 Å². The van der Waals surface area contributed by atoms with Gasteiger partial charge in [-0.15, -0.1) is 0 Å². The van der Waals surface area contributed by atoms with Gasteiger partial charge in [0.1, 0.15) is 16.4 Å². The number of aryl methyl sites for hydroxylation is 1. The van der Waals surface area contributed by atoms with Crippen molar-refractivity contribution >= 4 is 21.6 Å². The topological polar surface area (TPSA) is 84.9 Å². The van der Waals surface area contributed by atoms with Crippen molar-refractivity contribution in [3.8, 4) is 11.5 Å². The average molecular weight is 469 g/mol. The molecular weight excluding hydrogens is 440 g/mol. The lowest BCUT2D eigenvalue weighted by Gasteiger charge is -2.19. The van der Waals surface area contributed by atoms with Crippen LogP contribution in [0.3, 0.4) is 0 Å². The van der Waals surface area contributed by atoms with E-state index in [9.17, 15) is 13.2 Å². The number of carbonyl (C=O) groups is 1. The summed E-state index contributed by atoms with van der Waals surface area (Å²) in [6.07, 6.45) is 0. The minimum atomic E-state index is -3.98. The summed E-state index contributed by atoms with van der Waals surface area (Å²) in [6.45, 7) is 4.78. The number of nitrogens with zero attached hydrogens (tertiary/aromatic N) is 1. The Morgan fingerprint density at radius 3 is 2.27 bits per heavy atom. The number of nitrogens with one attached hydrogen (secondary N) is 1. The Labute approximate surface area is 195 Å². The predicted molar refractivity (Wildman–Crippen MR) is 128 cm³/mol. The lowest BCUT2D eigenvalue weighted by atomic mass is 10.1. The van der Waals surface area contributed by atoms with Crippen LogP contribution in [0.2, 0.25) is 0 Å². The lowest BCUT2D eigenvalue weighted by molar-refractivity contribution is 0.0785. The molecule has 3 aromatic carbocycles. The maximum Gasteiger partial charge on any atom is 0.265 e. The summed E-state index contributed by atoms with van der Waals surface area (Å²) in [5.74, 6) is 0.611. The zero-order valence-corrected chi connectivity index (χ0v) is 20.0. The standard InChI is InChI=1S/C25H28N2O5S/c1-5-32-22-13-8-19(9-14-22)17-27(3)25(28)20-10-15-23(31-4)24(16-20)33(29,30)26-21-11-6-18(2)7-12-21/h6-16,26H,5,17H2,1-4H3. The van der Waals surface area contributed by atoms with Crippen molar-refractivity contribution in [3.05, 3.63) is 83.4 Å². The van der Waals surface area contributed by atoms with Crippen LogP contribution in [-0.4, -0.2) is 40.0 Å². The van der Waals surface area contributed by atoms with Gasteiger partial charge in [0, 0.05) is 24.8 Å². The molecule has 0 spiro atoms. The summed E-state index contributed by atoms with van der Waals surface area (Å²) in [5.41, 5.74) is 2.61. The van der Waals surface area contributed by atoms with E-state index in [1.807, 2.05) is 50.2 Å². The van der Waals surface area contributed by atoms with E-state index >= 15 is 0 Å². The van der Waals surface area contributed by atoms with Gasteiger partial charge in [-0.05, 0) is 61.9 Å². The molecular formula is C25H28N2O5S. The molecule has 0 unspecified atom stereocenters. The lowest BCUT2D eigenvalue weighted by Crippen LogP contribution is -2.26. The summed E-state index contributed by atoms with van der Waals surface area (Å²) in [7, 11) is -0.922. The van der Waals surface area contributed by atoms with Gasteiger partial charge in [0.25, 0.3) is 15.9 Å². The van der Waals surface area contributed by atoms with Crippen LogP contribution in [-0.2, 0) is 16.6 Å². The van der Waals surface area contributed by atoms with Crippen molar-refractivity contribution in [2.45, 2.75) is 25.3 Å². The summed E-state index contributed by atoms with van der Waals surface area (Å²) < 4.78 is 39.4. The van der Waals surface area contributed by atoms with Crippen LogP contribution in [0, 0.1) is 6.92 Å². The number of carbonyl (C=O) groups excluding carboxylic acids is 1. The number of methoxy groups -OCH3 is 1. The Bertz CT molecular complexity index is 1210. The molecule has 0 aromatic heterocycles. The first-order valence-electron chi connectivity index (χ1n) is 10.5. The van der Waals surface area contributed by atoms with E-state index in [1.54, 1.807) is 25.2 Å². The first-order valence-corrected chi connectivity index (χ1v) is 12.0. The number of amides is 1.